The quantitative estimate of drug-likeness (QED) is 0.672. The number of hydrogen-bond donors (Lipinski definition) is 0. The van der Waals surface area contributed by atoms with Crippen molar-refractivity contribution >= 4 is 5.65 Å². The van der Waals surface area contributed by atoms with Crippen molar-refractivity contribution in [3.05, 3.63) is 81.4 Å². The standard InChI is InChI=1S/C24H29N3O/c1-18-3-6-20(7-4-18)8-9-21-11-13-26(14-12-21)17-22-15-24(28)27-16-19(2)5-10-23(27)25-22/h3-7,10,15-16,21H,8-9,11-14,17H2,1-2H3. The third-order valence-corrected chi connectivity index (χ3v) is 5.92. The van der Waals surface area contributed by atoms with Gasteiger partial charge >= 0.3 is 0 Å². The molecule has 4 nitrogen and oxygen atoms in total. The van der Waals surface area contributed by atoms with Crippen LogP contribution in [0.4, 0.5) is 0 Å². The van der Waals surface area contributed by atoms with E-state index in [9.17, 15) is 4.79 Å². The van der Waals surface area contributed by atoms with E-state index in [2.05, 4.69) is 36.1 Å². The Morgan fingerprint density at radius 2 is 1.71 bits per heavy atom. The molecule has 2 aromatic heterocycles. The first-order chi connectivity index (χ1) is 13.6. The molecule has 0 spiro atoms. The first-order valence-electron chi connectivity index (χ1n) is 10.3. The fourth-order valence-corrected chi connectivity index (χ4v) is 4.13. The van der Waals surface area contributed by atoms with Crippen LogP contribution in [0.5, 0.6) is 0 Å². The Balaban J connectivity index is 1.32. The monoisotopic (exact) mass is 375 g/mol. The minimum Gasteiger partial charge on any atom is -0.297 e. The minimum absolute atomic E-state index is 0.0108. The highest BCUT2D eigenvalue weighted by molar-refractivity contribution is 5.39. The number of aryl methyl sites for hydroxylation is 3. The van der Waals surface area contributed by atoms with Gasteiger partial charge in [0.15, 0.2) is 0 Å². The molecule has 28 heavy (non-hydrogen) atoms. The van der Waals surface area contributed by atoms with Gasteiger partial charge in [0.2, 0.25) is 0 Å². The molecular weight excluding hydrogens is 346 g/mol. The second-order valence-electron chi connectivity index (χ2n) is 8.26. The van der Waals surface area contributed by atoms with Crippen LogP contribution in [-0.4, -0.2) is 27.4 Å². The van der Waals surface area contributed by atoms with Crippen molar-refractivity contribution in [1.29, 1.82) is 0 Å². The van der Waals surface area contributed by atoms with Gasteiger partial charge in [-0.15, -0.1) is 0 Å². The van der Waals surface area contributed by atoms with Crippen LogP contribution >= 0.6 is 0 Å². The summed E-state index contributed by atoms with van der Waals surface area (Å²) in [6.45, 7) is 7.08. The average molecular weight is 376 g/mol. The molecular formula is C24H29N3O. The third-order valence-electron chi connectivity index (χ3n) is 5.92. The smallest absolute Gasteiger partial charge is 0.258 e. The van der Waals surface area contributed by atoms with Gasteiger partial charge in [-0.25, -0.2) is 4.98 Å². The summed E-state index contributed by atoms with van der Waals surface area (Å²) in [6, 6.07) is 14.6. The van der Waals surface area contributed by atoms with Gasteiger partial charge < -0.3 is 0 Å². The number of hydrogen-bond acceptors (Lipinski definition) is 3. The zero-order valence-corrected chi connectivity index (χ0v) is 16.9. The minimum atomic E-state index is 0.0108. The van der Waals surface area contributed by atoms with Crippen molar-refractivity contribution in [3.8, 4) is 0 Å². The van der Waals surface area contributed by atoms with Gasteiger partial charge in [0.25, 0.3) is 5.56 Å². The number of likely N-dealkylation sites (tertiary alicyclic amines) is 1. The molecule has 4 rings (SSSR count). The topological polar surface area (TPSA) is 37.6 Å². The number of rotatable bonds is 5. The molecule has 4 heteroatoms. The lowest BCUT2D eigenvalue weighted by molar-refractivity contribution is 0.171. The van der Waals surface area contributed by atoms with Gasteiger partial charge in [-0.1, -0.05) is 35.9 Å². The second-order valence-corrected chi connectivity index (χ2v) is 8.26. The first kappa shape index (κ1) is 18.9. The number of pyridine rings is 1. The van der Waals surface area contributed by atoms with E-state index in [1.807, 2.05) is 25.3 Å². The van der Waals surface area contributed by atoms with Crippen molar-refractivity contribution in [3.63, 3.8) is 0 Å². The van der Waals surface area contributed by atoms with Crippen molar-refractivity contribution in [2.45, 2.75) is 46.1 Å². The molecule has 3 heterocycles. The molecule has 0 radical (unpaired) electrons. The fraction of sp³-hybridized carbons (Fsp3) is 0.417. The Labute approximate surface area is 166 Å². The Bertz CT molecular complexity index is 999. The maximum Gasteiger partial charge on any atom is 0.258 e. The number of nitrogens with zero attached hydrogens (tertiary/aromatic N) is 3. The number of fused-ring (bicyclic) bond motifs is 1. The lowest BCUT2D eigenvalue weighted by Gasteiger charge is -2.31. The Morgan fingerprint density at radius 3 is 2.46 bits per heavy atom. The molecule has 146 valence electrons. The molecule has 0 aliphatic carbocycles. The average Bonchev–Trinajstić information content (AvgIpc) is 2.69. The number of benzene rings is 1. The van der Waals surface area contributed by atoms with Gasteiger partial charge in [-0.3, -0.25) is 14.1 Å². The van der Waals surface area contributed by atoms with E-state index >= 15 is 0 Å². The summed E-state index contributed by atoms with van der Waals surface area (Å²) < 4.78 is 1.64. The highest BCUT2D eigenvalue weighted by atomic mass is 16.1. The predicted molar refractivity (Wildman–Crippen MR) is 114 cm³/mol. The van der Waals surface area contributed by atoms with E-state index in [1.165, 1.54) is 36.8 Å². The van der Waals surface area contributed by atoms with Crippen molar-refractivity contribution in [1.82, 2.24) is 14.3 Å². The molecule has 0 saturated carbocycles. The first-order valence-corrected chi connectivity index (χ1v) is 10.3. The fourth-order valence-electron chi connectivity index (χ4n) is 4.13. The molecule has 0 amide bonds. The van der Waals surface area contributed by atoms with E-state index in [1.54, 1.807) is 10.5 Å². The molecule has 0 atom stereocenters. The molecule has 0 unspecified atom stereocenters. The SMILES string of the molecule is Cc1ccc(CCC2CCN(Cc3cc(=O)n4cc(C)ccc4n3)CC2)cc1. The second kappa shape index (κ2) is 8.27. The molecule has 1 fully saturated rings. The van der Waals surface area contributed by atoms with E-state index in [4.69, 9.17) is 4.98 Å². The molecule has 1 aliphatic heterocycles. The van der Waals surface area contributed by atoms with Gasteiger partial charge in [0.1, 0.15) is 5.65 Å². The largest absolute Gasteiger partial charge is 0.297 e. The van der Waals surface area contributed by atoms with E-state index < -0.39 is 0 Å². The van der Waals surface area contributed by atoms with Crippen LogP contribution in [-0.2, 0) is 13.0 Å². The van der Waals surface area contributed by atoms with Gasteiger partial charge in [0.05, 0.1) is 5.69 Å². The van der Waals surface area contributed by atoms with Crippen LogP contribution < -0.4 is 5.56 Å². The van der Waals surface area contributed by atoms with Gasteiger partial charge in [-0.05, 0) is 75.7 Å². The Hall–Kier alpha value is -2.46. The normalized spacial score (nSPS) is 15.9. The van der Waals surface area contributed by atoms with Crippen LogP contribution in [0.15, 0.2) is 53.5 Å². The van der Waals surface area contributed by atoms with E-state index in [0.717, 1.165) is 42.5 Å². The maximum atomic E-state index is 12.4. The van der Waals surface area contributed by atoms with Crippen molar-refractivity contribution in [2.24, 2.45) is 5.92 Å². The molecule has 0 bridgehead atoms. The van der Waals surface area contributed by atoms with E-state index in [-0.39, 0.29) is 5.56 Å². The summed E-state index contributed by atoms with van der Waals surface area (Å²) >= 11 is 0. The van der Waals surface area contributed by atoms with Crippen LogP contribution in [0, 0.1) is 19.8 Å². The highest BCUT2D eigenvalue weighted by Crippen LogP contribution is 2.23. The number of piperidine rings is 1. The predicted octanol–water partition coefficient (Wildman–Crippen LogP) is 4.16. The summed E-state index contributed by atoms with van der Waals surface area (Å²) in [5.41, 5.74) is 5.47. The van der Waals surface area contributed by atoms with Gasteiger partial charge in [0, 0.05) is 18.8 Å². The zero-order chi connectivity index (χ0) is 19.5. The summed E-state index contributed by atoms with van der Waals surface area (Å²) in [5.74, 6) is 0.802. The lowest BCUT2D eigenvalue weighted by atomic mass is 9.90. The lowest BCUT2D eigenvalue weighted by Crippen LogP contribution is -2.34. The highest BCUT2D eigenvalue weighted by Gasteiger charge is 2.19. The van der Waals surface area contributed by atoms with Crippen molar-refractivity contribution < 1.29 is 0 Å². The molecule has 1 saturated heterocycles. The van der Waals surface area contributed by atoms with Gasteiger partial charge in [-0.2, -0.15) is 0 Å². The molecule has 1 aromatic carbocycles. The zero-order valence-electron chi connectivity index (χ0n) is 16.9. The molecule has 1 aliphatic rings. The summed E-state index contributed by atoms with van der Waals surface area (Å²) in [6.07, 6.45) is 6.77. The number of aromatic nitrogens is 2. The summed E-state index contributed by atoms with van der Waals surface area (Å²) in [5, 5.41) is 0. The van der Waals surface area contributed by atoms with Crippen LogP contribution in [0.2, 0.25) is 0 Å². The molecule has 0 N–H and O–H groups in total. The Morgan fingerprint density at radius 1 is 1.00 bits per heavy atom. The maximum absolute atomic E-state index is 12.4. The Kier molecular flexibility index (Phi) is 5.58. The third kappa shape index (κ3) is 4.50. The van der Waals surface area contributed by atoms with Crippen LogP contribution in [0.1, 0.15) is 41.6 Å². The molecule has 3 aromatic rings. The van der Waals surface area contributed by atoms with Crippen molar-refractivity contribution in [2.75, 3.05) is 13.1 Å². The summed E-state index contributed by atoms with van der Waals surface area (Å²) in [7, 11) is 0. The van der Waals surface area contributed by atoms with Crippen LogP contribution in [0.3, 0.4) is 0 Å². The van der Waals surface area contributed by atoms with Crippen LogP contribution in [0.25, 0.3) is 5.65 Å². The van der Waals surface area contributed by atoms with E-state index in [0.29, 0.717) is 0 Å². The summed E-state index contributed by atoms with van der Waals surface area (Å²) in [4.78, 5) is 19.5.